The number of anilines is 1. The maximum atomic E-state index is 12.7. The molecule has 1 aromatic heterocycles. The van der Waals surface area contributed by atoms with Gasteiger partial charge in [0.2, 0.25) is 0 Å². The van der Waals surface area contributed by atoms with Crippen LogP contribution in [0, 0.1) is 5.92 Å². The second-order valence-corrected chi connectivity index (χ2v) is 5.62. The van der Waals surface area contributed by atoms with Gasteiger partial charge >= 0.3 is 6.18 Å². The Morgan fingerprint density at radius 2 is 1.95 bits per heavy atom. The molecule has 0 aliphatic rings. The number of nitrogens with one attached hydrogen (secondary N) is 1. The van der Waals surface area contributed by atoms with Gasteiger partial charge in [-0.25, -0.2) is 0 Å². The average molecular weight is 312 g/mol. The molecule has 0 fully saturated rings. The number of benzene rings is 1. The molecule has 6 heteroatoms. The molecule has 1 atom stereocenters. The van der Waals surface area contributed by atoms with Gasteiger partial charge in [-0.15, -0.1) is 0 Å². The highest BCUT2D eigenvalue weighted by Gasteiger charge is 2.30. The molecule has 0 radical (unpaired) electrons. The topological polar surface area (TPSA) is 45.1 Å². The van der Waals surface area contributed by atoms with E-state index in [1.165, 1.54) is 12.3 Å². The van der Waals surface area contributed by atoms with Gasteiger partial charge in [-0.2, -0.15) is 13.2 Å². The standard InChI is InChI=1S/C16H19F3N2O/c1-10(2)15(22)6-8-20-13-5-7-21-14-9-11(16(17,18)19)3-4-12(13)14/h3-5,7,9-10,15,22H,6,8H2,1-2H3,(H,20,21). The molecule has 0 aliphatic heterocycles. The Hall–Kier alpha value is -1.82. The fraction of sp³-hybridized carbons (Fsp3) is 0.438. The highest BCUT2D eigenvalue weighted by atomic mass is 19.4. The van der Waals surface area contributed by atoms with Gasteiger partial charge in [0, 0.05) is 23.8 Å². The van der Waals surface area contributed by atoms with E-state index < -0.39 is 17.8 Å². The van der Waals surface area contributed by atoms with Crippen molar-refractivity contribution in [2.75, 3.05) is 11.9 Å². The lowest BCUT2D eigenvalue weighted by atomic mass is 10.0. The van der Waals surface area contributed by atoms with E-state index in [-0.39, 0.29) is 5.92 Å². The van der Waals surface area contributed by atoms with Gasteiger partial charge in [0.1, 0.15) is 0 Å². The molecule has 1 unspecified atom stereocenters. The van der Waals surface area contributed by atoms with Gasteiger partial charge in [0.15, 0.2) is 0 Å². The van der Waals surface area contributed by atoms with Crippen LogP contribution < -0.4 is 5.32 Å². The minimum Gasteiger partial charge on any atom is -0.393 e. The Balaban J connectivity index is 2.18. The summed E-state index contributed by atoms with van der Waals surface area (Å²) < 4.78 is 38.1. The number of alkyl halides is 3. The van der Waals surface area contributed by atoms with Crippen LogP contribution in [0.25, 0.3) is 10.9 Å². The first-order valence-corrected chi connectivity index (χ1v) is 7.17. The van der Waals surface area contributed by atoms with Gasteiger partial charge < -0.3 is 10.4 Å². The number of aliphatic hydroxyl groups excluding tert-OH is 1. The molecule has 0 aliphatic carbocycles. The van der Waals surface area contributed by atoms with E-state index in [4.69, 9.17) is 0 Å². The Bertz CT molecular complexity index is 641. The Labute approximate surface area is 127 Å². The zero-order valence-electron chi connectivity index (χ0n) is 12.5. The summed E-state index contributed by atoms with van der Waals surface area (Å²) in [5.41, 5.74) is 0.304. The molecule has 120 valence electrons. The minimum atomic E-state index is -4.37. The van der Waals surface area contributed by atoms with Crippen LogP contribution in [0.5, 0.6) is 0 Å². The van der Waals surface area contributed by atoms with E-state index in [9.17, 15) is 18.3 Å². The first kappa shape index (κ1) is 16.5. The third kappa shape index (κ3) is 3.88. The molecule has 1 aromatic carbocycles. The van der Waals surface area contributed by atoms with Gasteiger partial charge in [-0.1, -0.05) is 19.9 Å². The van der Waals surface area contributed by atoms with Crippen molar-refractivity contribution in [2.45, 2.75) is 32.5 Å². The highest BCUT2D eigenvalue weighted by molar-refractivity contribution is 5.91. The number of halogens is 3. The largest absolute Gasteiger partial charge is 0.416 e. The van der Waals surface area contributed by atoms with E-state index in [1.54, 1.807) is 6.07 Å². The summed E-state index contributed by atoms with van der Waals surface area (Å²) in [4.78, 5) is 4.00. The zero-order valence-corrected chi connectivity index (χ0v) is 12.5. The van der Waals surface area contributed by atoms with Crippen LogP contribution in [0.3, 0.4) is 0 Å². The van der Waals surface area contributed by atoms with Crippen LogP contribution in [0.4, 0.5) is 18.9 Å². The van der Waals surface area contributed by atoms with Crippen LogP contribution in [0.2, 0.25) is 0 Å². The van der Waals surface area contributed by atoms with Crippen molar-refractivity contribution in [3.8, 4) is 0 Å². The van der Waals surface area contributed by atoms with Crippen molar-refractivity contribution in [3.05, 3.63) is 36.0 Å². The van der Waals surface area contributed by atoms with Gasteiger partial charge in [0.25, 0.3) is 0 Å². The molecule has 1 heterocycles. The molecule has 22 heavy (non-hydrogen) atoms. The molecule has 0 saturated heterocycles. The van der Waals surface area contributed by atoms with Crippen LogP contribution in [0.1, 0.15) is 25.8 Å². The predicted molar refractivity (Wildman–Crippen MR) is 80.7 cm³/mol. The molecule has 2 N–H and O–H groups in total. The Morgan fingerprint density at radius 1 is 1.23 bits per heavy atom. The quantitative estimate of drug-likeness (QED) is 0.874. The second kappa shape index (κ2) is 6.52. The van der Waals surface area contributed by atoms with E-state index >= 15 is 0 Å². The molecule has 2 rings (SSSR count). The van der Waals surface area contributed by atoms with Crippen molar-refractivity contribution in [1.82, 2.24) is 4.98 Å². The summed E-state index contributed by atoms with van der Waals surface area (Å²) in [6, 6.07) is 5.24. The van der Waals surface area contributed by atoms with Crippen LogP contribution >= 0.6 is 0 Å². The number of nitrogens with zero attached hydrogens (tertiary/aromatic N) is 1. The number of pyridine rings is 1. The third-order valence-corrected chi connectivity index (χ3v) is 3.60. The van der Waals surface area contributed by atoms with Gasteiger partial charge in [-0.05, 0) is 30.5 Å². The Morgan fingerprint density at radius 3 is 2.59 bits per heavy atom. The molecule has 0 amide bonds. The summed E-state index contributed by atoms with van der Waals surface area (Å²) >= 11 is 0. The smallest absolute Gasteiger partial charge is 0.393 e. The van der Waals surface area contributed by atoms with Gasteiger partial charge in [-0.3, -0.25) is 4.98 Å². The maximum Gasteiger partial charge on any atom is 0.416 e. The number of fused-ring (bicyclic) bond motifs is 1. The number of hydrogen-bond donors (Lipinski definition) is 2. The van der Waals surface area contributed by atoms with Crippen molar-refractivity contribution in [3.63, 3.8) is 0 Å². The molecule has 0 bridgehead atoms. The summed E-state index contributed by atoms with van der Waals surface area (Å²) in [6.45, 7) is 4.41. The molecular formula is C16H19F3N2O. The summed E-state index contributed by atoms with van der Waals surface area (Å²) in [5, 5.41) is 13.6. The monoisotopic (exact) mass is 312 g/mol. The normalized spacial score (nSPS) is 13.6. The molecule has 0 spiro atoms. The summed E-state index contributed by atoms with van der Waals surface area (Å²) in [5.74, 6) is 0.172. The third-order valence-electron chi connectivity index (χ3n) is 3.60. The average Bonchev–Trinajstić information content (AvgIpc) is 2.45. The molecule has 3 nitrogen and oxygen atoms in total. The van der Waals surface area contributed by atoms with E-state index in [2.05, 4.69) is 10.3 Å². The predicted octanol–water partition coefficient (Wildman–Crippen LogP) is 4.07. The number of aliphatic hydroxyl groups is 1. The number of aromatic nitrogens is 1. The van der Waals surface area contributed by atoms with E-state index in [1.807, 2.05) is 13.8 Å². The van der Waals surface area contributed by atoms with Crippen molar-refractivity contribution >= 4 is 16.6 Å². The van der Waals surface area contributed by atoms with Crippen LogP contribution in [-0.2, 0) is 6.18 Å². The molecule has 2 aromatic rings. The van der Waals surface area contributed by atoms with E-state index in [0.29, 0.717) is 23.9 Å². The fourth-order valence-electron chi connectivity index (χ4n) is 2.17. The maximum absolute atomic E-state index is 12.7. The first-order chi connectivity index (χ1) is 10.3. The molecule has 0 saturated carbocycles. The van der Waals surface area contributed by atoms with Crippen molar-refractivity contribution in [1.29, 1.82) is 0 Å². The molecular weight excluding hydrogens is 293 g/mol. The van der Waals surface area contributed by atoms with Crippen molar-refractivity contribution < 1.29 is 18.3 Å². The SMILES string of the molecule is CC(C)C(O)CCNc1ccnc2cc(C(F)(F)F)ccc12. The fourth-order valence-corrected chi connectivity index (χ4v) is 2.17. The van der Waals surface area contributed by atoms with E-state index in [0.717, 1.165) is 17.8 Å². The van der Waals surface area contributed by atoms with Crippen LogP contribution in [0.15, 0.2) is 30.5 Å². The lowest BCUT2D eigenvalue weighted by molar-refractivity contribution is -0.137. The minimum absolute atomic E-state index is 0.172. The second-order valence-electron chi connectivity index (χ2n) is 5.62. The number of rotatable bonds is 5. The summed E-state index contributed by atoms with van der Waals surface area (Å²) in [7, 11) is 0. The first-order valence-electron chi connectivity index (χ1n) is 7.17. The Kier molecular flexibility index (Phi) is 4.90. The highest BCUT2D eigenvalue weighted by Crippen LogP contribution is 2.32. The van der Waals surface area contributed by atoms with Crippen molar-refractivity contribution in [2.24, 2.45) is 5.92 Å². The lowest BCUT2D eigenvalue weighted by Gasteiger charge is -2.16. The zero-order chi connectivity index (χ0) is 16.3. The van der Waals surface area contributed by atoms with Gasteiger partial charge in [0.05, 0.1) is 17.2 Å². The lowest BCUT2D eigenvalue weighted by Crippen LogP contribution is -2.19. The van der Waals surface area contributed by atoms with Crippen LogP contribution in [-0.4, -0.2) is 22.7 Å². The number of hydrogen-bond acceptors (Lipinski definition) is 3. The summed E-state index contributed by atoms with van der Waals surface area (Å²) in [6.07, 6.45) is -2.73.